The van der Waals surface area contributed by atoms with Crippen LogP contribution in [0.4, 0.5) is 5.69 Å². The van der Waals surface area contributed by atoms with E-state index in [0.29, 0.717) is 35.4 Å². The molecular weight excluding hydrogens is 480 g/mol. The van der Waals surface area contributed by atoms with E-state index in [1.54, 1.807) is 30.1 Å². The number of pyridine rings is 1. The molecule has 2 amide bonds. The molecule has 1 aliphatic rings. The number of aromatic nitrogens is 1. The van der Waals surface area contributed by atoms with Crippen LogP contribution >= 0.6 is 11.6 Å². The summed E-state index contributed by atoms with van der Waals surface area (Å²) in [5, 5.41) is 3.05. The van der Waals surface area contributed by atoms with Crippen molar-refractivity contribution in [1.82, 2.24) is 15.2 Å². The van der Waals surface area contributed by atoms with E-state index in [1.807, 2.05) is 49.3 Å². The molecule has 8 nitrogen and oxygen atoms in total. The third-order valence-corrected chi connectivity index (χ3v) is 6.15. The molecule has 1 N–H and O–H groups in total. The van der Waals surface area contributed by atoms with E-state index >= 15 is 0 Å². The molecule has 188 valence electrons. The molecule has 1 aromatic heterocycles. The minimum absolute atomic E-state index is 0.0218. The first-order valence-electron chi connectivity index (χ1n) is 11.7. The zero-order chi connectivity index (χ0) is 25.7. The summed E-state index contributed by atoms with van der Waals surface area (Å²) in [5.41, 5.74) is 2.93. The highest BCUT2D eigenvalue weighted by atomic mass is 35.5. The van der Waals surface area contributed by atoms with E-state index < -0.39 is 0 Å². The van der Waals surface area contributed by atoms with Crippen LogP contribution in [0.15, 0.2) is 54.7 Å². The van der Waals surface area contributed by atoms with Crippen molar-refractivity contribution in [3.63, 3.8) is 0 Å². The Hall–Kier alpha value is -3.62. The summed E-state index contributed by atoms with van der Waals surface area (Å²) in [6.07, 6.45) is 2.44. The van der Waals surface area contributed by atoms with Crippen molar-refractivity contribution in [2.45, 2.75) is 12.8 Å². The fourth-order valence-electron chi connectivity index (χ4n) is 4.01. The van der Waals surface area contributed by atoms with E-state index in [2.05, 4.69) is 10.3 Å². The molecule has 4 rings (SSSR count). The third-order valence-electron chi connectivity index (χ3n) is 5.85. The highest BCUT2D eigenvalue weighted by Crippen LogP contribution is 2.35. The van der Waals surface area contributed by atoms with Gasteiger partial charge in [-0.05, 0) is 56.4 Å². The summed E-state index contributed by atoms with van der Waals surface area (Å²) >= 11 is 6.38. The van der Waals surface area contributed by atoms with Crippen molar-refractivity contribution in [3.05, 3.63) is 76.6 Å². The zero-order valence-electron chi connectivity index (χ0n) is 20.6. The number of nitrogens with zero attached hydrogens (tertiary/aromatic N) is 3. The predicted molar refractivity (Wildman–Crippen MR) is 139 cm³/mol. The summed E-state index contributed by atoms with van der Waals surface area (Å²) in [5.74, 6) is 1.40. The Kier molecular flexibility index (Phi) is 8.07. The van der Waals surface area contributed by atoms with E-state index in [9.17, 15) is 9.59 Å². The summed E-state index contributed by atoms with van der Waals surface area (Å²) < 4.78 is 11.9. The molecule has 0 fully saturated rings. The first-order valence-corrected chi connectivity index (χ1v) is 12.1. The second kappa shape index (κ2) is 11.4. The van der Waals surface area contributed by atoms with Crippen LogP contribution in [-0.2, 0) is 17.6 Å². The summed E-state index contributed by atoms with van der Waals surface area (Å²) in [4.78, 5) is 33.0. The van der Waals surface area contributed by atoms with Crippen LogP contribution in [0.2, 0.25) is 5.02 Å². The lowest BCUT2D eigenvalue weighted by atomic mass is 10.1. The van der Waals surface area contributed by atoms with Gasteiger partial charge in [0.2, 0.25) is 5.91 Å². The normalized spacial score (nSPS) is 12.4. The maximum absolute atomic E-state index is 13.3. The molecule has 2 aromatic carbocycles. The van der Waals surface area contributed by atoms with Gasteiger partial charge in [-0.15, -0.1) is 0 Å². The van der Waals surface area contributed by atoms with Gasteiger partial charge in [-0.25, -0.2) is 0 Å². The zero-order valence-corrected chi connectivity index (χ0v) is 21.3. The average molecular weight is 509 g/mol. The lowest BCUT2D eigenvalue weighted by molar-refractivity contribution is -0.117. The van der Waals surface area contributed by atoms with Gasteiger partial charge in [0.05, 0.1) is 11.4 Å². The predicted octanol–water partition coefficient (Wildman–Crippen LogP) is 3.96. The molecule has 0 unspecified atom stereocenters. The van der Waals surface area contributed by atoms with Crippen LogP contribution in [-0.4, -0.2) is 62.5 Å². The number of fused-ring (bicyclic) bond motifs is 1. The van der Waals surface area contributed by atoms with Crippen LogP contribution in [0.5, 0.6) is 17.2 Å². The molecule has 36 heavy (non-hydrogen) atoms. The Balaban J connectivity index is 1.46. The van der Waals surface area contributed by atoms with Gasteiger partial charge in [0.1, 0.15) is 29.5 Å². The minimum atomic E-state index is -0.283. The number of likely N-dealkylation sites (N-methyl/N-ethyl adjacent to an activating group) is 1. The van der Waals surface area contributed by atoms with Crippen LogP contribution in [0.1, 0.15) is 21.6 Å². The molecule has 0 bridgehead atoms. The smallest absolute Gasteiger partial charge is 0.269 e. The monoisotopic (exact) mass is 508 g/mol. The molecule has 0 radical (unpaired) electrons. The number of halogens is 1. The van der Waals surface area contributed by atoms with Crippen molar-refractivity contribution in [3.8, 4) is 17.2 Å². The third kappa shape index (κ3) is 5.95. The van der Waals surface area contributed by atoms with Gasteiger partial charge in [0, 0.05) is 43.7 Å². The van der Waals surface area contributed by atoms with E-state index in [0.717, 1.165) is 29.8 Å². The quantitative estimate of drug-likeness (QED) is 0.471. The standard InChI is InChI=1S/C27H29ClN4O4/c1-29-27(34)23-17-21(9-11-30-23)36-20-7-8-24-18(15-20)10-12-32(24)25(33)16-19-5-4-6-22(28)26(19)35-14-13-31(2)3/h4-9,11,15,17H,10,12-14,16H2,1-3H3,(H,29,34). The highest BCUT2D eigenvalue weighted by molar-refractivity contribution is 6.32. The number of amides is 2. The van der Waals surface area contributed by atoms with Crippen molar-refractivity contribution in [1.29, 1.82) is 0 Å². The largest absolute Gasteiger partial charge is 0.490 e. The van der Waals surface area contributed by atoms with Crippen molar-refractivity contribution in [2.24, 2.45) is 0 Å². The number of benzene rings is 2. The lowest BCUT2D eigenvalue weighted by Crippen LogP contribution is -2.30. The second-order valence-electron chi connectivity index (χ2n) is 8.70. The lowest BCUT2D eigenvalue weighted by Gasteiger charge is -2.20. The number of carbonyl (C=O) groups excluding carboxylic acids is 2. The number of anilines is 1. The molecule has 1 aliphatic heterocycles. The Morgan fingerprint density at radius 1 is 1.14 bits per heavy atom. The molecule has 0 spiro atoms. The number of ether oxygens (including phenoxy) is 2. The topological polar surface area (TPSA) is 84.0 Å². The first-order chi connectivity index (χ1) is 17.4. The van der Waals surface area contributed by atoms with Gasteiger partial charge in [-0.2, -0.15) is 0 Å². The van der Waals surface area contributed by atoms with Crippen LogP contribution in [0.3, 0.4) is 0 Å². The van der Waals surface area contributed by atoms with E-state index in [1.165, 1.54) is 6.20 Å². The van der Waals surface area contributed by atoms with Gasteiger partial charge in [-0.1, -0.05) is 23.7 Å². The molecule has 0 saturated heterocycles. The Morgan fingerprint density at radius 2 is 1.94 bits per heavy atom. The van der Waals surface area contributed by atoms with Crippen molar-refractivity contribution < 1.29 is 19.1 Å². The Morgan fingerprint density at radius 3 is 2.72 bits per heavy atom. The molecule has 0 atom stereocenters. The van der Waals surface area contributed by atoms with Crippen LogP contribution < -0.4 is 19.7 Å². The minimum Gasteiger partial charge on any atom is -0.490 e. The molecular formula is C27H29ClN4O4. The molecule has 3 aromatic rings. The summed E-state index contributed by atoms with van der Waals surface area (Å²) in [6, 6.07) is 14.4. The van der Waals surface area contributed by atoms with Gasteiger partial charge in [-0.3, -0.25) is 14.6 Å². The van der Waals surface area contributed by atoms with Gasteiger partial charge >= 0.3 is 0 Å². The van der Waals surface area contributed by atoms with Crippen LogP contribution in [0.25, 0.3) is 0 Å². The van der Waals surface area contributed by atoms with E-state index in [4.69, 9.17) is 21.1 Å². The number of para-hydroxylation sites is 1. The van der Waals surface area contributed by atoms with Gasteiger partial charge < -0.3 is 24.6 Å². The second-order valence-corrected chi connectivity index (χ2v) is 9.11. The number of hydrogen-bond acceptors (Lipinski definition) is 6. The molecule has 0 saturated carbocycles. The highest BCUT2D eigenvalue weighted by Gasteiger charge is 2.26. The fourth-order valence-corrected chi connectivity index (χ4v) is 4.26. The van der Waals surface area contributed by atoms with Crippen molar-refractivity contribution >= 4 is 29.1 Å². The number of rotatable bonds is 9. The van der Waals surface area contributed by atoms with E-state index in [-0.39, 0.29) is 23.9 Å². The molecule has 9 heteroatoms. The van der Waals surface area contributed by atoms with Gasteiger partial charge in [0.25, 0.3) is 5.91 Å². The molecule has 2 heterocycles. The summed E-state index contributed by atoms with van der Waals surface area (Å²) in [7, 11) is 5.50. The number of nitrogens with one attached hydrogen (secondary N) is 1. The maximum atomic E-state index is 13.3. The number of carbonyl (C=O) groups is 2. The number of hydrogen-bond donors (Lipinski definition) is 1. The Bertz CT molecular complexity index is 1260. The Labute approximate surface area is 215 Å². The van der Waals surface area contributed by atoms with Crippen LogP contribution in [0, 0.1) is 0 Å². The van der Waals surface area contributed by atoms with Crippen molar-refractivity contribution in [2.75, 3.05) is 45.7 Å². The SMILES string of the molecule is CNC(=O)c1cc(Oc2ccc3c(c2)CCN3C(=O)Cc2cccc(Cl)c2OCCN(C)C)ccn1. The molecule has 0 aliphatic carbocycles. The first kappa shape index (κ1) is 25.5. The van der Waals surface area contributed by atoms with Gasteiger partial charge in [0.15, 0.2) is 0 Å². The summed E-state index contributed by atoms with van der Waals surface area (Å²) in [6.45, 7) is 1.82. The fraction of sp³-hybridized carbons (Fsp3) is 0.296. The average Bonchev–Trinajstić information content (AvgIpc) is 3.28. The maximum Gasteiger partial charge on any atom is 0.269 e.